The zero-order valence-electron chi connectivity index (χ0n) is 12.7. The molecule has 0 aliphatic heterocycles. The Morgan fingerprint density at radius 1 is 1.24 bits per heavy atom. The molecule has 0 unspecified atom stereocenters. The smallest absolute Gasteiger partial charge is 0.257 e. The van der Waals surface area contributed by atoms with Crippen LogP contribution in [0.1, 0.15) is 29.8 Å². The molecule has 1 heterocycles. The van der Waals surface area contributed by atoms with E-state index in [1.54, 1.807) is 13.2 Å². The highest BCUT2D eigenvalue weighted by Crippen LogP contribution is 2.22. The van der Waals surface area contributed by atoms with Gasteiger partial charge in [0.15, 0.2) is 0 Å². The Bertz CT molecular complexity index is 561. The number of methoxy groups -OCH3 is 1. The number of carbonyl (C=O) groups is 1. The molecule has 0 saturated carbocycles. The molecule has 4 heteroatoms. The predicted octanol–water partition coefficient (Wildman–Crippen LogP) is 3.35. The monoisotopic (exact) mass is 287 g/mol. The van der Waals surface area contributed by atoms with Crippen molar-refractivity contribution in [3.8, 4) is 0 Å². The van der Waals surface area contributed by atoms with Gasteiger partial charge < -0.3 is 14.1 Å². The number of carbonyl (C=O) groups excluding carboxylic acids is 1. The van der Waals surface area contributed by atoms with E-state index in [0.717, 1.165) is 5.56 Å². The van der Waals surface area contributed by atoms with Crippen LogP contribution in [-0.2, 0) is 11.3 Å². The number of hydrogen-bond acceptors (Lipinski definition) is 3. The van der Waals surface area contributed by atoms with E-state index >= 15 is 0 Å². The largest absolute Gasteiger partial charge is 0.472 e. The molecule has 21 heavy (non-hydrogen) atoms. The molecular formula is C17H21NO3. The van der Waals surface area contributed by atoms with Gasteiger partial charge in [0.25, 0.3) is 5.91 Å². The van der Waals surface area contributed by atoms with E-state index in [2.05, 4.69) is 0 Å². The Morgan fingerprint density at radius 3 is 2.52 bits per heavy atom. The van der Waals surface area contributed by atoms with Gasteiger partial charge >= 0.3 is 0 Å². The Labute approximate surface area is 125 Å². The minimum atomic E-state index is -0.418. The van der Waals surface area contributed by atoms with Crippen molar-refractivity contribution < 1.29 is 13.9 Å². The van der Waals surface area contributed by atoms with Gasteiger partial charge in [-0.05, 0) is 25.5 Å². The van der Waals surface area contributed by atoms with Crippen LogP contribution in [0.5, 0.6) is 0 Å². The van der Waals surface area contributed by atoms with E-state index < -0.39 is 5.54 Å². The molecule has 0 fully saturated rings. The second-order valence-corrected chi connectivity index (χ2v) is 5.63. The Kier molecular flexibility index (Phi) is 4.81. The zero-order valence-corrected chi connectivity index (χ0v) is 12.7. The number of nitrogens with zero attached hydrogens (tertiary/aromatic N) is 1. The molecule has 0 aliphatic rings. The number of amides is 1. The van der Waals surface area contributed by atoms with Crippen LogP contribution >= 0.6 is 0 Å². The Hall–Kier alpha value is -2.07. The quantitative estimate of drug-likeness (QED) is 0.818. The van der Waals surface area contributed by atoms with E-state index in [-0.39, 0.29) is 5.91 Å². The molecule has 2 aromatic rings. The normalized spacial score (nSPS) is 11.4. The highest BCUT2D eigenvalue weighted by atomic mass is 16.5. The summed E-state index contributed by atoms with van der Waals surface area (Å²) >= 11 is 0. The minimum Gasteiger partial charge on any atom is -0.472 e. The van der Waals surface area contributed by atoms with Gasteiger partial charge in [0, 0.05) is 13.7 Å². The third-order valence-electron chi connectivity index (χ3n) is 3.43. The van der Waals surface area contributed by atoms with Crippen LogP contribution in [0.2, 0.25) is 0 Å². The summed E-state index contributed by atoms with van der Waals surface area (Å²) in [5, 5.41) is 0. The summed E-state index contributed by atoms with van der Waals surface area (Å²) < 4.78 is 10.3. The second kappa shape index (κ2) is 6.59. The average molecular weight is 287 g/mol. The molecule has 1 aromatic heterocycles. The van der Waals surface area contributed by atoms with Crippen LogP contribution in [0, 0.1) is 0 Å². The lowest BCUT2D eigenvalue weighted by Gasteiger charge is -2.38. The Balaban J connectivity index is 2.28. The number of furan rings is 1. The van der Waals surface area contributed by atoms with E-state index in [4.69, 9.17) is 9.15 Å². The van der Waals surface area contributed by atoms with Crippen LogP contribution in [0.3, 0.4) is 0 Å². The summed E-state index contributed by atoms with van der Waals surface area (Å²) in [5.41, 5.74) is 1.22. The number of rotatable bonds is 6. The van der Waals surface area contributed by atoms with E-state index in [9.17, 15) is 4.79 Å². The van der Waals surface area contributed by atoms with E-state index in [1.165, 1.54) is 12.5 Å². The molecule has 1 amide bonds. The molecule has 0 radical (unpaired) electrons. The molecule has 1 aromatic carbocycles. The second-order valence-electron chi connectivity index (χ2n) is 5.63. The molecule has 0 spiro atoms. The summed E-state index contributed by atoms with van der Waals surface area (Å²) in [5.74, 6) is -0.0605. The lowest BCUT2D eigenvalue weighted by molar-refractivity contribution is 0.0230. The fourth-order valence-corrected chi connectivity index (χ4v) is 2.30. The maximum absolute atomic E-state index is 12.7. The summed E-state index contributed by atoms with van der Waals surface area (Å²) in [6.07, 6.45) is 2.99. The van der Waals surface area contributed by atoms with Crippen molar-refractivity contribution in [3.05, 3.63) is 60.1 Å². The molecule has 0 aliphatic carbocycles. The fraction of sp³-hybridized carbons (Fsp3) is 0.353. The maximum Gasteiger partial charge on any atom is 0.257 e. The van der Waals surface area contributed by atoms with E-state index in [0.29, 0.717) is 18.7 Å². The van der Waals surface area contributed by atoms with Crippen molar-refractivity contribution in [1.82, 2.24) is 4.90 Å². The molecule has 0 N–H and O–H groups in total. The van der Waals surface area contributed by atoms with Gasteiger partial charge in [-0.1, -0.05) is 30.3 Å². The first-order chi connectivity index (χ1) is 10.0. The summed E-state index contributed by atoms with van der Waals surface area (Å²) in [6.45, 7) is 4.99. The highest BCUT2D eigenvalue weighted by molar-refractivity contribution is 5.94. The van der Waals surface area contributed by atoms with Gasteiger partial charge in [0.2, 0.25) is 0 Å². The third-order valence-corrected chi connectivity index (χ3v) is 3.43. The van der Waals surface area contributed by atoms with Crippen LogP contribution in [0.4, 0.5) is 0 Å². The zero-order chi connectivity index (χ0) is 15.3. The first-order valence-corrected chi connectivity index (χ1v) is 6.91. The lowest BCUT2D eigenvalue weighted by Crippen LogP contribution is -2.50. The molecule has 2 rings (SSSR count). The fourth-order valence-electron chi connectivity index (χ4n) is 2.30. The van der Waals surface area contributed by atoms with Gasteiger partial charge in [-0.3, -0.25) is 4.79 Å². The van der Waals surface area contributed by atoms with Gasteiger partial charge in [-0.2, -0.15) is 0 Å². The van der Waals surface area contributed by atoms with Crippen LogP contribution in [-0.4, -0.2) is 30.1 Å². The molecule has 0 saturated heterocycles. The van der Waals surface area contributed by atoms with Crippen LogP contribution in [0.25, 0.3) is 0 Å². The predicted molar refractivity (Wildman–Crippen MR) is 81.0 cm³/mol. The SMILES string of the molecule is COCC(C)(C)N(Cc1ccccc1)C(=O)c1ccoc1. The number of hydrogen-bond donors (Lipinski definition) is 0. The first kappa shape index (κ1) is 15.3. The summed E-state index contributed by atoms with van der Waals surface area (Å²) in [6, 6.07) is 11.6. The molecular weight excluding hydrogens is 266 g/mol. The van der Waals surface area contributed by atoms with Gasteiger partial charge in [-0.25, -0.2) is 0 Å². The van der Waals surface area contributed by atoms with E-state index in [1.807, 2.05) is 49.1 Å². The van der Waals surface area contributed by atoms with Crippen molar-refractivity contribution in [2.24, 2.45) is 0 Å². The van der Waals surface area contributed by atoms with Gasteiger partial charge in [0.1, 0.15) is 6.26 Å². The maximum atomic E-state index is 12.7. The van der Waals surface area contributed by atoms with Crippen molar-refractivity contribution in [2.45, 2.75) is 25.9 Å². The van der Waals surface area contributed by atoms with Gasteiger partial charge in [0.05, 0.1) is 24.0 Å². The van der Waals surface area contributed by atoms with Crippen molar-refractivity contribution >= 4 is 5.91 Å². The summed E-state index contributed by atoms with van der Waals surface area (Å²) in [4.78, 5) is 14.6. The molecule has 112 valence electrons. The first-order valence-electron chi connectivity index (χ1n) is 6.91. The minimum absolute atomic E-state index is 0.0605. The van der Waals surface area contributed by atoms with Crippen LogP contribution in [0.15, 0.2) is 53.3 Å². The Morgan fingerprint density at radius 2 is 1.95 bits per heavy atom. The molecule has 0 atom stereocenters. The number of benzene rings is 1. The lowest BCUT2D eigenvalue weighted by atomic mass is 10.0. The highest BCUT2D eigenvalue weighted by Gasteiger charge is 2.32. The van der Waals surface area contributed by atoms with Crippen molar-refractivity contribution in [1.29, 1.82) is 0 Å². The topological polar surface area (TPSA) is 42.7 Å². The van der Waals surface area contributed by atoms with Crippen molar-refractivity contribution in [2.75, 3.05) is 13.7 Å². The van der Waals surface area contributed by atoms with Gasteiger partial charge in [-0.15, -0.1) is 0 Å². The average Bonchev–Trinajstić information content (AvgIpc) is 2.99. The molecule has 0 bridgehead atoms. The van der Waals surface area contributed by atoms with Crippen molar-refractivity contribution in [3.63, 3.8) is 0 Å². The standard InChI is InChI=1S/C17H21NO3/c1-17(2,13-20-3)18(11-14-7-5-4-6-8-14)16(19)15-9-10-21-12-15/h4-10,12H,11,13H2,1-3H3. The summed E-state index contributed by atoms with van der Waals surface area (Å²) in [7, 11) is 1.64. The molecule has 4 nitrogen and oxygen atoms in total. The number of ether oxygens (including phenoxy) is 1. The van der Waals surface area contributed by atoms with Crippen LogP contribution < -0.4 is 0 Å². The third kappa shape index (κ3) is 3.73.